The van der Waals surface area contributed by atoms with Crippen molar-refractivity contribution < 1.29 is 14.7 Å². The van der Waals surface area contributed by atoms with Crippen LogP contribution in [0.25, 0.3) is 0 Å². The van der Waals surface area contributed by atoms with Crippen molar-refractivity contribution in [2.24, 2.45) is 11.3 Å². The van der Waals surface area contributed by atoms with E-state index in [1.807, 2.05) is 0 Å². The lowest BCUT2D eigenvalue weighted by atomic mass is 9.83. The number of nitrogens with zero attached hydrogens (tertiary/aromatic N) is 1. The molecule has 0 aromatic heterocycles. The fourth-order valence-corrected chi connectivity index (χ4v) is 3.14. The lowest BCUT2D eigenvalue weighted by Gasteiger charge is -2.32. The number of likely N-dealkylation sites (tertiary alicyclic amines) is 1. The highest BCUT2D eigenvalue weighted by molar-refractivity contribution is 5.75. The third kappa shape index (κ3) is 3.99. The first-order valence-electron chi connectivity index (χ1n) is 7.85. The van der Waals surface area contributed by atoms with E-state index in [2.05, 4.69) is 25.2 Å². The maximum absolute atomic E-state index is 12.2. The number of hydrogen-bond acceptors (Lipinski definition) is 2. The first-order chi connectivity index (χ1) is 9.90. The van der Waals surface area contributed by atoms with Gasteiger partial charge in [-0.3, -0.25) is 4.79 Å². The highest BCUT2D eigenvalue weighted by atomic mass is 16.4. The molecule has 0 aromatic carbocycles. The van der Waals surface area contributed by atoms with E-state index in [0.29, 0.717) is 32.5 Å². The summed E-state index contributed by atoms with van der Waals surface area (Å²) >= 11 is 0. The molecule has 5 nitrogen and oxygen atoms in total. The van der Waals surface area contributed by atoms with E-state index in [9.17, 15) is 9.59 Å². The van der Waals surface area contributed by atoms with Gasteiger partial charge >= 0.3 is 12.0 Å². The van der Waals surface area contributed by atoms with Crippen LogP contribution in [0.4, 0.5) is 4.79 Å². The first kappa shape index (κ1) is 15.9. The molecule has 2 N–H and O–H groups in total. The van der Waals surface area contributed by atoms with Crippen LogP contribution in [0.5, 0.6) is 0 Å². The van der Waals surface area contributed by atoms with E-state index in [-0.39, 0.29) is 17.4 Å². The molecule has 2 aliphatic rings. The van der Waals surface area contributed by atoms with Crippen LogP contribution in [0.2, 0.25) is 0 Å². The van der Waals surface area contributed by atoms with E-state index >= 15 is 0 Å². The molecule has 1 saturated heterocycles. The van der Waals surface area contributed by atoms with Crippen LogP contribution in [0.3, 0.4) is 0 Å². The van der Waals surface area contributed by atoms with Crippen LogP contribution < -0.4 is 5.32 Å². The van der Waals surface area contributed by atoms with Crippen molar-refractivity contribution in [2.75, 3.05) is 19.6 Å². The van der Waals surface area contributed by atoms with Gasteiger partial charge in [0.15, 0.2) is 0 Å². The molecule has 0 aromatic rings. The lowest BCUT2D eigenvalue weighted by Crippen LogP contribution is -2.47. The van der Waals surface area contributed by atoms with E-state index in [0.717, 1.165) is 12.8 Å². The number of carboxylic acid groups (broad SMARTS) is 1. The molecule has 2 amide bonds. The number of piperidine rings is 1. The predicted molar refractivity (Wildman–Crippen MR) is 81.0 cm³/mol. The molecule has 5 heteroatoms. The van der Waals surface area contributed by atoms with Gasteiger partial charge in [0.25, 0.3) is 0 Å². The summed E-state index contributed by atoms with van der Waals surface area (Å²) in [6.07, 6.45) is 6.90. The summed E-state index contributed by atoms with van der Waals surface area (Å²) in [7, 11) is 0. The highest BCUT2D eigenvalue weighted by Crippen LogP contribution is 2.34. The van der Waals surface area contributed by atoms with Gasteiger partial charge in [-0.2, -0.15) is 0 Å². The molecule has 0 atom stereocenters. The topological polar surface area (TPSA) is 69.6 Å². The van der Waals surface area contributed by atoms with Crippen molar-refractivity contribution in [1.82, 2.24) is 10.2 Å². The van der Waals surface area contributed by atoms with Crippen LogP contribution in [0.1, 0.15) is 46.0 Å². The number of allylic oxidation sites excluding steroid dienone is 1. The van der Waals surface area contributed by atoms with Crippen molar-refractivity contribution >= 4 is 12.0 Å². The number of carbonyl (C=O) groups excluding carboxylic acids is 1. The minimum Gasteiger partial charge on any atom is -0.481 e. The number of nitrogens with one attached hydrogen (secondary N) is 1. The number of rotatable bonds is 4. The maximum atomic E-state index is 12.2. The Hall–Kier alpha value is -1.52. The molecular weight excluding hydrogens is 268 g/mol. The summed E-state index contributed by atoms with van der Waals surface area (Å²) < 4.78 is 0. The molecular formula is C16H26N2O3. The molecule has 0 saturated carbocycles. The summed E-state index contributed by atoms with van der Waals surface area (Å²) in [5, 5.41) is 12.0. The summed E-state index contributed by atoms with van der Waals surface area (Å²) in [6, 6.07) is -0.0643. The van der Waals surface area contributed by atoms with Crippen LogP contribution in [-0.4, -0.2) is 41.6 Å². The summed E-state index contributed by atoms with van der Waals surface area (Å²) in [6.45, 7) is 6.04. The lowest BCUT2D eigenvalue weighted by molar-refractivity contribution is -0.143. The second-order valence-corrected chi connectivity index (χ2v) is 6.76. The Balaban J connectivity index is 1.79. The third-order valence-electron chi connectivity index (χ3n) is 4.72. The van der Waals surface area contributed by atoms with Gasteiger partial charge in [-0.15, -0.1) is 0 Å². The monoisotopic (exact) mass is 294 g/mol. The zero-order valence-electron chi connectivity index (χ0n) is 13.0. The highest BCUT2D eigenvalue weighted by Gasteiger charge is 2.29. The standard InChI is InChI=1S/C16H26N2O3/c1-16(2,13-5-3-4-6-13)11-17-15(21)18-9-7-12(8-10-18)14(19)20/h5,12H,3-4,6-11H2,1-2H3,(H,17,21)(H,19,20). The molecule has 1 fully saturated rings. The number of carbonyl (C=O) groups is 2. The van der Waals surface area contributed by atoms with Gasteiger partial charge < -0.3 is 15.3 Å². The SMILES string of the molecule is CC(C)(CNC(=O)N1CCC(C(=O)O)CC1)C1=CCCC1. The van der Waals surface area contributed by atoms with E-state index in [1.54, 1.807) is 4.90 Å². The fourth-order valence-electron chi connectivity index (χ4n) is 3.14. The molecule has 0 bridgehead atoms. The minimum atomic E-state index is -0.746. The quantitative estimate of drug-likeness (QED) is 0.783. The van der Waals surface area contributed by atoms with Gasteiger partial charge in [0.05, 0.1) is 5.92 Å². The van der Waals surface area contributed by atoms with Crippen molar-refractivity contribution in [1.29, 1.82) is 0 Å². The molecule has 21 heavy (non-hydrogen) atoms. The maximum Gasteiger partial charge on any atom is 0.317 e. The zero-order valence-corrected chi connectivity index (χ0v) is 13.0. The number of aliphatic carboxylic acids is 1. The average Bonchev–Trinajstić information content (AvgIpc) is 3.00. The molecule has 1 aliphatic heterocycles. The van der Waals surface area contributed by atoms with Crippen molar-refractivity contribution in [3.8, 4) is 0 Å². The third-order valence-corrected chi connectivity index (χ3v) is 4.72. The van der Waals surface area contributed by atoms with Gasteiger partial charge in [0.1, 0.15) is 0 Å². The normalized spacial score (nSPS) is 20.3. The molecule has 1 heterocycles. The van der Waals surface area contributed by atoms with Crippen LogP contribution in [0.15, 0.2) is 11.6 Å². The Bertz CT molecular complexity index is 435. The second kappa shape index (κ2) is 6.50. The van der Waals surface area contributed by atoms with Crippen molar-refractivity contribution in [3.63, 3.8) is 0 Å². The van der Waals surface area contributed by atoms with Crippen molar-refractivity contribution in [2.45, 2.75) is 46.0 Å². The molecule has 118 valence electrons. The first-order valence-corrected chi connectivity index (χ1v) is 7.85. The van der Waals surface area contributed by atoms with E-state index in [4.69, 9.17) is 5.11 Å². The fraction of sp³-hybridized carbons (Fsp3) is 0.750. The number of hydrogen-bond donors (Lipinski definition) is 2. The summed E-state index contributed by atoms with van der Waals surface area (Å²) in [5.41, 5.74) is 1.44. The van der Waals surface area contributed by atoms with E-state index in [1.165, 1.54) is 12.0 Å². The van der Waals surface area contributed by atoms with E-state index < -0.39 is 5.97 Å². The van der Waals surface area contributed by atoms with Gasteiger partial charge in [-0.1, -0.05) is 25.5 Å². The van der Waals surface area contributed by atoms with Crippen molar-refractivity contribution in [3.05, 3.63) is 11.6 Å². The molecule has 0 radical (unpaired) electrons. The molecule has 0 spiro atoms. The Kier molecular flexibility index (Phi) is 4.91. The molecule has 2 rings (SSSR count). The Labute approximate surface area is 126 Å². The smallest absolute Gasteiger partial charge is 0.317 e. The Morgan fingerprint density at radius 3 is 2.57 bits per heavy atom. The second-order valence-electron chi connectivity index (χ2n) is 6.76. The molecule has 1 aliphatic carbocycles. The summed E-state index contributed by atoms with van der Waals surface area (Å²) in [5.74, 6) is -1.04. The number of amides is 2. The van der Waals surface area contributed by atoms with Gasteiger partial charge in [-0.25, -0.2) is 4.79 Å². The van der Waals surface area contributed by atoms with Gasteiger partial charge in [0.2, 0.25) is 0 Å². The zero-order chi connectivity index (χ0) is 15.5. The van der Waals surface area contributed by atoms with Gasteiger partial charge in [0, 0.05) is 25.0 Å². The minimum absolute atomic E-state index is 0.00550. The van der Waals surface area contributed by atoms with Crippen LogP contribution in [0, 0.1) is 11.3 Å². The largest absolute Gasteiger partial charge is 0.481 e. The Morgan fingerprint density at radius 1 is 1.38 bits per heavy atom. The van der Waals surface area contributed by atoms with Crippen LogP contribution in [-0.2, 0) is 4.79 Å². The number of carboxylic acids is 1. The average molecular weight is 294 g/mol. The Morgan fingerprint density at radius 2 is 2.05 bits per heavy atom. The summed E-state index contributed by atoms with van der Waals surface area (Å²) in [4.78, 5) is 24.8. The number of urea groups is 1. The van der Waals surface area contributed by atoms with Gasteiger partial charge in [-0.05, 0) is 32.1 Å². The predicted octanol–water partition coefficient (Wildman–Crippen LogP) is 2.63. The van der Waals surface area contributed by atoms with Crippen LogP contribution >= 0.6 is 0 Å². The molecule has 0 unspecified atom stereocenters.